The molecule has 1 aromatic carbocycles. The van der Waals surface area contributed by atoms with E-state index >= 15 is 0 Å². The number of esters is 1. The lowest BCUT2D eigenvalue weighted by Crippen LogP contribution is -2.52. The molecule has 108 valence electrons. The standard InChI is InChI=1S/C14H11ClN2O3S/c1-20-14(19)11-10(7-4-2-3-5-9(7)15)8(6-16)13(21)17-12(11)18/h2-5,8,10-11H,1H3,(H,17,18,21). The number of nitriles is 1. The molecule has 5 nitrogen and oxygen atoms in total. The molecule has 1 aliphatic heterocycles. The zero-order valence-corrected chi connectivity index (χ0v) is 12.6. The normalized spacial score (nSPS) is 24.9. The third-order valence-electron chi connectivity index (χ3n) is 3.39. The van der Waals surface area contributed by atoms with Gasteiger partial charge in [0.1, 0.15) is 11.8 Å². The summed E-state index contributed by atoms with van der Waals surface area (Å²) in [4.78, 5) is 24.2. The molecule has 21 heavy (non-hydrogen) atoms. The molecule has 0 saturated carbocycles. The van der Waals surface area contributed by atoms with Crippen molar-refractivity contribution in [3.8, 4) is 6.07 Å². The molecule has 0 bridgehead atoms. The molecule has 0 spiro atoms. The summed E-state index contributed by atoms with van der Waals surface area (Å²) in [5.74, 6) is -4.06. The number of carbonyl (C=O) groups is 2. The summed E-state index contributed by atoms with van der Waals surface area (Å²) in [6.07, 6.45) is 0. The van der Waals surface area contributed by atoms with Gasteiger partial charge in [-0.05, 0) is 11.6 Å². The Bertz CT molecular complexity index is 656. The van der Waals surface area contributed by atoms with Gasteiger partial charge < -0.3 is 10.1 Å². The van der Waals surface area contributed by atoms with Gasteiger partial charge in [0, 0.05) is 10.9 Å². The maximum absolute atomic E-state index is 12.1. The van der Waals surface area contributed by atoms with Crippen molar-refractivity contribution in [2.24, 2.45) is 11.8 Å². The topological polar surface area (TPSA) is 79.2 Å². The summed E-state index contributed by atoms with van der Waals surface area (Å²) >= 11 is 11.2. The number of piperidine rings is 1. The highest BCUT2D eigenvalue weighted by molar-refractivity contribution is 7.80. The minimum Gasteiger partial charge on any atom is -0.468 e. The van der Waals surface area contributed by atoms with Crippen LogP contribution in [0.5, 0.6) is 0 Å². The van der Waals surface area contributed by atoms with Gasteiger partial charge in [0.25, 0.3) is 0 Å². The van der Waals surface area contributed by atoms with Crippen molar-refractivity contribution in [1.82, 2.24) is 5.32 Å². The van der Waals surface area contributed by atoms with Crippen LogP contribution in [0.4, 0.5) is 0 Å². The fourth-order valence-corrected chi connectivity index (χ4v) is 2.98. The van der Waals surface area contributed by atoms with Crippen molar-refractivity contribution in [2.45, 2.75) is 5.92 Å². The van der Waals surface area contributed by atoms with Gasteiger partial charge in [-0.15, -0.1) is 0 Å². The molecule has 0 aromatic heterocycles. The van der Waals surface area contributed by atoms with Crippen molar-refractivity contribution in [3.05, 3.63) is 34.9 Å². The van der Waals surface area contributed by atoms with Crippen LogP contribution in [0.15, 0.2) is 24.3 Å². The molecule has 7 heteroatoms. The Kier molecular flexibility index (Phi) is 4.56. The van der Waals surface area contributed by atoms with Crippen molar-refractivity contribution < 1.29 is 14.3 Å². The Balaban J connectivity index is 2.59. The van der Waals surface area contributed by atoms with E-state index in [9.17, 15) is 14.9 Å². The fraction of sp³-hybridized carbons (Fsp3) is 0.286. The summed E-state index contributed by atoms with van der Waals surface area (Å²) in [6, 6.07) is 8.79. The minimum atomic E-state index is -1.16. The number of nitrogens with one attached hydrogen (secondary N) is 1. The number of hydrogen-bond donors (Lipinski definition) is 1. The second kappa shape index (κ2) is 6.20. The van der Waals surface area contributed by atoms with Crippen molar-refractivity contribution in [2.75, 3.05) is 7.11 Å². The molecular formula is C14H11ClN2O3S. The maximum atomic E-state index is 12.1. The molecule has 0 radical (unpaired) electrons. The number of nitrogens with zero attached hydrogens (tertiary/aromatic N) is 1. The lowest BCUT2D eigenvalue weighted by molar-refractivity contribution is -0.151. The summed E-state index contributed by atoms with van der Waals surface area (Å²) in [7, 11) is 1.19. The summed E-state index contributed by atoms with van der Waals surface area (Å²) in [5.41, 5.74) is 0.526. The molecular weight excluding hydrogens is 312 g/mol. The van der Waals surface area contributed by atoms with Crippen LogP contribution in [0.3, 0.4) is 0 Å². The number of ether oxygens (including phenoxy) is 1. The highest BCUT2D eigenvalue weighted by atomic mass is 35.5. The molecule has 1 N–H and O–H groups in total. The molecule has 1 heterocycles. The highest BCUT2D eigenvalue weighted by Gasteiger charge is 2.48. The quantitative estimate of drug-likeness (QED) is 0.510. The second-order valence-corrected chi connectivity index (χ2v) is 5.36. The molecule has 1 fully saturated rings. The van der Waals surface area contributed by atoms with Gasteiger partial charge in [-0.3, -0.25) is 9.59 Å². The van der Waals surface area contributed by atoms with E-state index in [1.54, 1.807) is 24.3 Å². The number of amides is 1. The predicted molar refractivity (Wildman–Crippen MR) is 79.5 cm³/mol. The monoisotopic (exact) mass is 322 g/mol. The van der Waals surface area contributed by atoms with Gasteiger partial charge in [-0.25, -0.2) is 0 Å². The first kappa shape index (κ1) is 15.4. The number of halogens is 1. The van der Waals surface area contributed by atoms with Gasteiger partial charge >= 0.3 is 5.97 Å². The van der Waals surface area contributed by atoms with Crippen LogP contribution in [0.1, 0.15) is 11.5 Å². The molecule has 1 aromatic rings. The Labute approximate surface area is 131 Å². The Hall–Kier alpha value is -1.97. The van der Waals surface area contributed by atoms with Gasteiger partial charge in [0.15, 0.2) is 0 Å². The molecule has 0 aliphatic carbocycles. The third kappa shape index (κ3) is 2.75. The number of rotatable bonds is 2. The lowest BCUT2D eigenvalue weighted by atomic mass is 9.74. The minimum absolute atomic E-state index is 0.0903. The zero-order valence-electron chi connectivity index (χ0n) is 11.0. The fourth-order valence-electron chi connectivity index (χ4n) is 2.42. The maximum Gasteiger partial charge on any atom is 0.318 e. The van der Waals surface area contributed by atoms with Crippen LogP contribution in [-0.4, -0.2) is 24.0 Å². The first-order chi connectivity index (χ1) is 10.0. The molecule has 3 atom stereocenters. The van der Waals surface area contributed by atoms with Gasteiger partial charge in [0.2, 0.25) is 5.91 Å². The van der Waals surface area contributed by atoms with E-state index in [2.05, 4.69) is 10.1 Å². The van der Waals surface area contributed by atoms with Crippen LogP contribution in [-0.2, 0) is 14.3 Å². The summed E-state index contributed by atoms with van der Waals surface area (Å²) in [5, 5.41) is 12.1. The number of carbonyl (C=O) groups excluding carboxylic acids is 2. The SMILES string of the molecule is COC(=O)C1C(=O)NC(=S)C(C#N)C1c1ccccc1Cl. The van der Waals surface area contributed by atoms with Gasteiger partial charge in [0.05, 0.1) is 18.2 Å². The molecule has 2 rings (SSSR count). The first-order valence-electron chi connectivity index (χ1n) is 6.07. The van der Waals surface area contributed by atoms with Gasteiger partial charge in [-0.2, -0.15) is 5.26 Å². The van der Waals surface area contributed by atoms with E-state index < -0.39 is 29.6 Å². The Morgan fingerprint density at radius 2 is 2.14 bits per heavy atom. The predicted octanol–water partition coefficient (Wildman–Crippen LogP) is 1.81. The highest BCUT2D eigenvalue weighted by Crippen LogP contribution is 2.39. The van der Waals surface area contributed by atoms with Crippen LogP contribution in [0, 0.1) is 23.2 Å². The van der Waals surface area contributed by atoms with Crippen molar-refractivity contribution >= 4 is 40.7 Å². The number of thiocarbonyl (C=S) groups is 1. The van der Waals surface area contributed by atoms with Gasteiger partial charge in [-0.1, -0.05) is 42.0 Å². The second-order valence-electron chi connectivity index (χ2n) is 4.51. The van der Waals surface area contributed by atoms with Crippen LogP contribution in [0.2, 0.25) is 5.02 Å². The molecule has 1 saturated heterocycles. The van der Waals surface area contributed by atoms with Crippen molar-refractivity contribution in [1.29, 1.82) is 5.26 Å². The smallest absolute Gasteiger partial charge is 0.318 e. The van der Waals surface area contributed by atoms with Crippen LogP contribution < -0.4 is 5.32 Å². The Morgan fingerprint density at radius 3 is 2.71 bits per heavy atom. The third-order valence-corrected chi connectivity index (χ3v) is 4.09. The van der Waals surface area contributed by atoms with E-state index in [0.29, 0.717) is 10.6 Å². The molecule has 1 amide bonds. The molecule has 3 unspecified atom stereocenters. The summed E-state index contributed by atoms with van der Waals surface area (Å²) in [6.45, 7) is 0. The average Bonchev–Trinajstić information content (AvgIpc) is 2.46. The van der Waals surface area contributed by atoms with Crippen LogP contribution in [0.25, 0.3) is 0 Å². The number of hydrogen-bond acceptors (Lipinski definition) is 5. The van der Waals surface area contributed by atoms with E-state index in [1.165, 1.54) is 7.11 Å². The van der Waals surface area contributed by atoms with Crippen LogP contribution >= 0.6 is 23.8 Å². The number of benzene rings is 1. The van der Waals surface area contributed by atoms with E-state index in [4.69, 9.17) is 23.8 Å². The first-order valence-corrected chi connectivity index (χ1v) is 6.86. The zero-order chi connectivity index (χ0) is 15.6. The summed E-state index contributed by atoms with van der Waals surface area (Å²) < 4.78 is 4.68. The van der Waals surface area contributed by atoms with Crippen molar-refractivity contribution in [3.63, 3.8) is 0 Å². The average molecular weight is 323 g/mol. The van der Waals surface area contributed by atoms with E-state index in [0.717, 1.165) is 0 Å². The Morgan fingerprint density at radius 1 is 1.48 bits per heavy atom. The lowest BCUT2D eigenvalue weighted by Gasteiger charge is -2.33. The van der Waals surface area contributed by atoms with E-state index in [1.807, 2.05) is 6.07 Å². The number of methoxy groups -OCH3 is 1. The molecule has 1 aliphatic rings. The largest absolute Gasteiger partial charge is 0.468 e. The van der Waals surface area contributed by atoms with E-state index in [-0.39, 0.29) is 4.99 Å².